The van der Waals surface area contributed by atoms with E-state index in [2.05, 4.69) is 60.9 Å². The molecule has 1 fully saturated rings. The van der Waals surface area contributed by atoms with Crippen LogP contribution in [0.5, 0.6) is 0 Å². The van der Waals surface area contributed by atoms with Crippen molar-refractivity contribution >= 4 is 19.8 Å². The molecule has 9 nitrogen and oxygen atoms in total. The highest BCUT2D eigenvalue weighted by Gasteiger charge is 2.36. The van der Waals surface area contributed by atoms with Crippen molar-refractivity contribution in [1.29, 1.82) is 0 Å². The number of carbonyl (C=O) groups is 2. The quantitative estimate of drug-likeness (QED) is 0.0203. The van der Waals surface area contributed by atoms with Crippen LogP contribution in [0.2, 0.25) is 0 Å². The van der Waals surface area contributed by atoms with Gasteiger partial charge in [0.1, 0.15) is 6.61 Å². The molecule has 1 saturated heterocycles. The smallest absolute Gasteiger partial charge is 0.462 e. The highest BCUT2D eigenvalue weighted by molar-refractivity contribution is 7.46. The highest BCUT2D eigenvalue weighted by Crippen LogP contribution is 2.36. The lowest BCUT2D eigenvalue weighted by Gasteiger charge is -2.18. The van der Waals surface area contributed by atoms with Gasteiger partial charge in [0.2, 0.25) is 0 Å². The SMILES string of the molecule is CCCCCCCC/C=C\CCCCCCCCCCCCCC(=O)O[C@H](COC(=O)CCC/C=C\C/C=C\C/C=C\CC1OC1CCCCC)COP(=O)(O)O. The summed E-state index contributed by atoms with van der Waals surface area (Å²) >= 11 is 0. The maximum atomic E-state index is 12.4. The largest absolute Gasteiger partial charge is 0.469 e. The Bertz CT molecular complexity index is 1130. The molecule has 0 saturated carbocycles. The third kappa shape index (κ3) is 38.0. The van der Waals surface area contributed by atoms with Crippen molar-refractivity contribution < 1.29 is 42.7 Å². The van der Waals surface area contributed by atoms with Crippen molar-refractivity contribution in [1.82, 2.24) is 0 Å². The van der Waals surface area contributed by atoms with Gasteiger partial charge >= 0.3 is 19.8 Å². The van der Waals surface area contributed by atoms with Crippen molar-refractivity contribution in [2.75, 3.05) is 13.2 Å². The Morgan fingerprint density at radius 1 is 0.561 bits per heavy atom. The molecule has 0 bridgehead atoms. The predicted octanol–water partition coefficient (Wildman–Crippen LogP) is 13.3. The fourth-order valence-corrected chi connectivity index (χ4v) is 7.05. The Balaban J connectivity index is 2.05. The van der Waals surface area contributed by atoms with Gasteiger partial charge in [-0.15, -0.1) is 0 Å². The van der Waals surface area contributed by atoms with Crippen LogP contribution in [0.15, 0.2) is 48.6 Å². The molecule has 0 spiro atoms. The van der Waals surface area contributed by atoms with Gasteiger partial charge < -0.3 is 24.0 Å². The Morgan fingerprint density at radius 2 is 1.04 bits per heavy atom. The van der Waals surface area contributed by atoms with Gasteiger partial charge in [-0.3, -0.25) is 14.1 Å². The lowest BCUT2D eigenvalue weighted by atomic mass is 10.0. The van der Waals surface area contributed by atoms with Gasteiger partial charge in [0.05, 0.1) is 18.8 Å². The Labute approximate surface area is 348 Å². The van der Waals surface area contributed by atoms with Crippen LogP contribution in [-0.2, 0) is 32.9 Å². The van der Waals surface area contributed by atoms with Crippen LogP contribution < -0.4 is 0 Å². The van der Waals surface area contributed by atoms with E-state index >= 15 is 0 Å². The first-order chi connectivity index (χ1) is 27.7. The summed E-state index contributed by atoms with van der Waals surface area (Å²) in [4.78, 5) is 43.0. The molecule has 10 heteroatoms. The second-order valence-electron chi connectivity index (χ2n) is 15.8. The molecule has 0 amide bonds. The summed E-state index contributed by atoms with van der Waals surface area (Å²) in [6.45, 7) is 3.61. The topological polar surface area (TPSA) is 132 Å². The fraction of sp³-hybridized carbons (Fsp3) is 0.787. The molecule has 57 heavy (non-hydrogen) atoms. The average molecular weight is 823 g/mol. The van der Waals surface area contributed by atoms with Crippen LogP contribution >= 0.6 is 7.82 Å². The minimum absolute atomic E-state index is 0.187. The number of phosphoric acid groups is 1. The number of carbonyl (C=O) groups excluding carboxylic acids is 2. The summed E-state index contributed by atoms with van der Waals surface area (Å²) in [6.07, 6.45) is 50.2. The fourth-order valence-electron chi connectivity index (χ4n) is 6.69. The third-order valence-electron chi connectivity index (χ3n) is 10.2. The lowest BCUT2D eigenvalue weighted by Crippen LogP contribution is -2.29. The molecule has 330 valence electrons. The molecular formula is C47H83O9P. The van der Waals surface area contributed by atoms with Gasteiger partial charge in [0, 0.05) is 12.8 Å². The molecule has 2 N–H and O–H groups in total. The molecule has 1 aliphatic rings. The number of ether oxygens (including phenoxy) is 3. The minimum atomic E-state index is -4.77. The second kappa shape index (κ2) is 38.2. The van der Waals surface area contributed by atoms with Crippen molar-refractivity contribution in [3.63, 3.8) is 0 Å². The van der Waals surface area contributed by atoms with Crippen LogP contribution in [-0.4, -0.2) is 53.3 Å². The third-order valence-corrected chi connectivity index (χ3v) is 10.7. The number of phosphoric ester groups is 1. The van der Waals surface area contributed by atoms with E-state index in [-0.39, 0.29) is 19.4 Å². The van der Waals surface area contributed by atoms with E-state index in [0.29, 0.717) is 25.0 Å². The molecule has 3 atom stereocenters. The van der Waals surface area contributed by atoms with Crippen LogP contribution in [0.3, 0.4) is 0 Å². The zero-order valence-electron chi connectivity index (χ0n) is 36.2. The number of allylic oxidation sites excluding steroid dienone is 7. The number of esters is 2. The standard InChI is InChI=1S/C47H83O9P/c1-3-5-7-8-9-10-11-12-13-14-15-16-17-18-19-20-21-26-29-32-36-40-47(49)55-43(42-54-57(50,51)52)41-53-46(48)39-35-31-28-25-23-22-24-27-30-34-38-45-44(56-45)37-33-6-4-2/h12-13,22,24-25,28,30,34,43-45H,3-11,14-21,23,26-27,29,31-33,35-42H2,1-2H3,(H2,50,51,52)/b13-12-,24-22-,28-25-,34-30-/t43-,44?,45?/m1/s1. The molecule has 0 aliphatic carbocycles. The number of unbranched alkanes of at least 4 members (excludes halogenated alkanes) is 20. The van der Waals surface area contributed by atoms with Crippen molar-refractivity contribution in [2.45, 2.75) is 225 Å². The van der Waals surface area contributed by atoms with E-state index in [4.69, 9.17) is 24.0 Å². The molecule has 1 heterocycles. The first-order valence-corrected chi connectivity index (χ1v) is 24.6. The summed E-state index contributed by atoms with van der Waals surface area (Å²) in [5.41, 5.74) is 0. The summed E-state index contributed by atoms with van der Waals surface area (Å²) in [5, 5.41) is 0. The lowest BCUT2D eigenvalue weighted by molar-refractivity contribution is -0.161. The van der Waals surface area contributed by atoms with Crippen LogP contribution in [0.25, 0.3) is 0 Å². The maximum absolute atomic E-state index is 12.4. The first kappa shape index (κ1) is 53.0. The average Bonchev–Trinajstić information content (AvgIpc) is 3.94. The van der Waals surface area contributed by atoms with Gasteiger partial charge in [0.25, 0.3) is 0 Å². The van der Waals surface area contributed by atoms with Crippen LogP contribution in [0.1, 0.15) is 206 Å². The Morgan fingerprint density at radius 3 is 1.63 bits per heavy atom. The zero-order valence-corrected chi connectivity index (χ0v) is 37.1. The van der Waals surface area contributed by atoms with E-state index in [1.165, 1.54) is 122 Å². The van der Waals surface area contributed by atoms with Crippen LogP contribution in [0.4, 0.5) is 0 Å². The molecule has 1 aliphatic heterocycles. The summed E-state index contributed by atoms with van der Waals surface area (Å²) in [5.74, 6) is -0.953. The Hall–Kier alpha value is -2.03. The molecule has 0 aromatic rings. The summed E-state index contributed by atoms with van der Waals surface area (Å²) in [7, 11) is -4.77. The van der Waals surface area contributed by atoms with Crippen LogP contribution in [0, 0.1) is 0 Å². The number of hydrogen-bond donors (Lipinski definition) is 2. The van der Waals surface area contributed by atoms with E-state index in [0.717, 1.165) is 44.9 Å². The van der Waals surface area contributed by atoms with E-state index < -0.39 is 32.5 Å². The van der Waals surface area contributed by atoms with Gasteiger partial charge in [-0.25, -0.2) is 4.57 Å². The Kier molecular flexibility index (Phi) is 35.5. The first-order valence-electron chi connectivity index (χ1n) is 23.1. The maximum Gasteiger partial charge on any atom is 0.469 e. The number of rotatable bonds is 41. The molecule has 0 radical (unpaired) electrons. The van der Waals surface area contributed by atoms with Gasteiger partial charge in [-0.1, -0.05) is 172 Å². The normalized spacial score (nSPS) is 16.4. The molecule has 0 aromatic heterocycles. The predicted molar refractivity (Wildman–Crippen MR) is 234 cm³/mol. The minimum Gasteiger partial charge on any atom is -0.462 e. The van der Waals surface area contributed by atoms with E-state index in [9.17, 15) is 14.2 Å². The molecular weight excluding hydrogens is 739 g/mol. The number of hydrogen-bond acceptors (Lipinski definition) is 7. The molecule has 2 unspecified atom stereocenters. The molecule has 0 aromatic carbocycles. The zero-order chi connectivity index (χ0) is 41.5. The van der Waals surface area contributed by atoms with Gasteiger partial charge in [-0.05, 0) is 70.6 Å². The van der Waals surface area contributed by atoms with Gasteiger partial charge in [0.15, 0.2) is 6.10 Å². The van der Waals surface area contributed by atoms with Crippen molar-refractivity contribution in [2.24, 2.45) is 0 Å². The summed E-state index contributed by atoms with van der Waals surface area (Å²) < 4.78 is 32.1. The highest BCUT2D eigenvalue weighted by atomic mass is 31.2. The van der Waals surface area contributed by atoms with E-state index in [1.807, 2.05) is 6.08 Å². The van der Waals surface area contributed by atoms with Crippen molar-refractivity contribution in [3.8, 4) is 0 Å². The second-order valence-corrected chi connectivity index (χ2v) is 17.0. The van der Waals surface area contributed by atoms with E-state index in [1.54, 1.807) is 0 Å². The molecule has 1 rings (SSSR count). The van der Waals surface area contributed by atoms with Crippen molar-refractivity contribution in [3.05, 3.63) is 48.6 Å². The summed E-state index contributed by atoms with van der Waals surface area (Å²) in [6, 6.07) is 0. The monoisotopic (exact) mass is 823 g/mol. The van der Waals surface area contributed by atoms with Gasteiger partial charge in [-0.2, -0.15) is 0 Å². The number of epoxide rings is 1.